The molecule has 3 aromatic carbocycles. The van der Waals surface area contributed by atoms with Crippen molar-refractivity contribution in [2.45, 2.75) is 94.6 Å². The van der Waals surface area contributed by atoms with Gasteiger partial charge in [-0.3, -0.25) is 14.5 Å². The van der Waals surface area contributed by atoms with Gasteiger partial charge in [-0.15, -0.1) is 0 Å². The summed E-state index contributed by atoms with van der Waals surface area (Å²) in [6.45, 7) is 2.87. The Hall–Kier alpha value is -4.36. The monoisotopic (exact) mass is 774 g/mol. The van der Waals surface area contributed by atoms with Crippen LogP contribution < -0.4 is 9.46 Å². The zero-order valence-electron chi connectivity index (χ0n) is 30.8. The normalized spacial score (nSPS) is 24.9. The maximum absolute atomic E-state index is 15.1. The molecule has 10 rings (SSSR count). The van der Waals surface area contributed by atoms with Gasteiger partial charge in [-0.25, -0.2) is 13.1 Å². The number of hydrogen-bond donors (Lipinski definition) is 1. The van der Waals surface area contributed by atoms with Crippen LogP contribution in [0.4, 0.5) is 13.2 Å². The highest BCUT2D eigenvalue weighted by Crippen LogP contribution is 2.67. The van der Waals surface area contributed by atoms with Crippen molar-refractivity contribution in [3.8, 4) is 17.0 Å². The van der Waals surface area contributed by atoms with Crippen LogP contribution in [0.25, 0.3) is 22.2 Å². The molecule has 2 amide bonds. The number of hydrogen-bond acceptors (Lipinski definition) is 6. The summed E-state index contributed by atoms with van der Waals surface area (Å²) >= 11 is 0. The van der Waals surface area contributed by atoms with Gasteiger partial charge in [-0.1, -0.05) is 55.7 Å². The molecule has 3 saturated heterocycles. The number of halogens is 3. The Bertz CT molecular complexity index is 2270. The lowest BCUT2D eigenvalue weighted by atomic mass is 9.81. The maximum atomic E-state index is 15.1. The fraction of sp³-hybridized carbons (Fsp3) is 0.476. The molecule has 6 aliphatic rings. The topological polar surface area (TPSA) is 101 Å². The second-order valence-corrected chi connectivity index (χ2v) is 18.2. The third-order valence-corrected chi connectivity index (χ3v) is 14.1. The Morgan fingerprint density at radius 3 is 2.42 bits per heavy atom. The lowest BCUT2D eigenvalue weighted by molar-refractivity contribution is -0.161. The number of sulfonamides is 1. The van der Waals surface area contributed by atoms with Crippen molar-refractivity contribution in [1.82, 2.24) is 19.1 Å². The van der Waals surface area contributed by atoms with Crippen molar-refractivity contribution in [2.75, 3.05) is 26.0 Å². The van der Waals surface area contributed by atoms with Crippen molar-refractivity contribution < 1.29 is 35.9 Å². The van der Waals surface area contributed by atoms with Gasteiger partial charge in [0.2, 0.25) is 15.9 Å². The molecule has 9 nitrogen and oxygen atoms in total. The molecule has 2 bridgehead atoms. The van der Waals surface area contributed by atoms with E-state index in [0.29, 0.717) is 13.0 Å². The van der Waals surface area contributed by atoms with E-state index in [-0.39, 0.29) is 35.4 Å². The van der Waals surface area contributed by atoms with Crippen LogP contribution in [-0.2, 0) is 27.9 Å². The first-order valence-corrected chi connectivity index (χ1v) is 21.0. The molecule has 13 heteroatoms. The van der Waals surface area contributed by atoms with Crippen molar-refractivity contribution >= 4 is 32.7 Å². The van der Waals surface area contributed by atoms with Gasteiger partial charge in [0.1, 0.15) is 5.75 Å². The first kappa shape index (κ1) is 36.3. The molecule has 4 atom stereocenters. The van der Waals surface area contributed by atoms with Gasteiger partial charge < -0.3 is 14.2 Å². The standard InChI is InChI=1S/C42H45F3N4O5S/c1-54-31-13-15-32-34(20-31)35-21-41(35,40(51)49-29-19-30(49)24-47(23-29)22-26-8-4-2-5-9-26)25-48-36-18-28(39(50)46-55(52,53)17-16-42(43,44)45)12-14-33(36)37(38(32)48)27-10-6-3-7-11-27/h2,4-5,8-9,12-15,18,20,27,29-30,35H,3,6-7,10-11,16-17,19,21-25H2,1H3,(H,46,50)/t29?,30?,35-,41?/m0/s1. The molecule has 1 N–H and O–H groups in total. The van der Waals surface area contributed by atoms with E-state index in [1.807, 2.05) is 22.9 Å². The molecule has 3 unspecified atom stereocenters. The third kappa shape index (κ3) is 6.50. The summed E-state index contributed by atoms with van der Waals surface area (Å²) in [4.78, 5) is 33.1. The zero-order valence-corrected chi connectivity index (χ0v) is 31.6. The summed E-state index contributed by atoms with van der Waals surface area (Å²) in [5.41, 5.74) is 5.59. The van der Waals surface area contributed by atoms with Crippen molar-refractivity contribution in [3.63, 3.8) is 0 Å². The Balaban J connectivity index is 1.11. The predicted molar refractivity (Wildman–Crippen MR) is 202 cm³/mol. The van der Waals surface area contributed by atoms with Crippen LogP contribution in [0.15, 0.2) is 66.7 Å². The van der Waals surface area contributed by atoms with E-state index in [2.05, 4.69) is 50.8 Å². The minimum atomic E-state index is -4.68. The summed E-state index contributed by atoms with van der Waals surface area (Å²) in [5, 5.41) is 0.944. The number of alkyl halides is 3. The van der Waals surface area contributed by atoms with Crippen LogP contribution in [0.3, 0.4) is 0 Å². The highest BCUT2D eigenvalue weighted by atomic mass is 32.2. The SMILES string of the molecule is COc1ccc2c(c1)[C@@H]1CC1(C(=O)N1C3CC1CN(Cc1ccccc1)C3)Cn1c-2c(C2CCCCC2)c2ccc(C(=O)NS(=O)(=O)CCC(F)(F)F)cc21. The molecule has 4 aromatic rings. The maximum Gasteiger partial charge on any atom is 0.390 e. The highest BCUT2D eigenvalue weighted by Gasteiger charge is 2.66. The van der Waals surface area contributed by atoms with Crippen LogP contribution in [-0.4, -0.2) is 78.8 Å². The van der Waals surface area contributed by atoms with Gasteiger partial charge in [0.15, 0.2) is 0 Å². The second kappa shape index (κ2) is 13.4. The van der Waals surface area contributed by atoms with E-state index < -0.39 is 39.7 Å². The molecule has 5 heterocycles. The van der Waals surface area contributed by atoms with E-state index in [9.17, 15) is 26.4 Å². The number of fused-ring (bicyclic) bond motifs is 9. The first-order valence-electron chi connectivity index (χ1n) is 19.4. The highest BCUT2D eigenvalue weighted by molar-refractivity contribution is 7.90. The Labute approximate surface area is 318 Å². The van der Waals surface area contributed by atoms with E-state index in [0.717, 1.165) is 91.6 Å². The minimum absolute atomic E-state index is 0.0290. The lowest BCUT2D eigenvalue weighted by Gasteiger charge is -2.57. The van der Waals surface area contributed by atoms with E-state index >= 15 is 4.79 Å². The van der Waals surface area contributed by atoms with Crippen LogP contribution in [0.2, 0.25) is 0 Å². The fourth-order valence-corrected chi connectivity index (χ4v) is 11.2. The van der Waals surface area contributed by atoms with Gasteiger partial charge in [0.05, 0.1) is 30.4 Å². The van der Waals surface area contributed by atoms with Gasteiger partial charge in [0.25, 0.3) is 5.91 Å². The molecule has 0 spiro atoms. The number of aromatic nitrogens is 1. The number of piperidine rings is 1. The fourth-order valence-electron chi connectivity index (χ4n) is 10.2. The molecule has 55 heavy (non-hydrogen) atoms. The molecule has 2 saturated carbocycles. The number of nitrogens with zero attached hydrogens (tertiary/aromatic N) is 3. The summed E-state index contributed by atoms with van der Waals surface area (Å²) in [7, 11) is -2.90. The molecular formula is C42H45F3N4O5S. The largest absolute Gasteiger partial charge is 0.497 e. The first-order chi connectivity index (χ1) is 26.3. The van der Waals surface area contributed by atoms with E-state index in [1.54, 1.807) is 19.2 Å². The number of methoxy groups -OCH3 is 1. The second-order valence-electron chi connectivity index (χ2n) is 16.3. The summed E-state index contributed by atoms with van der Waals surface area (Å²) in [6, 6.07) is 21.8. The van der Waals surface area contributed by atoms with Gasteiger partial charge in [0, 0.05) is 66.2 Å². The smallest absolute Gasteiger partial charge is 0.390 e. The molecule has 5 fully saturated rings. The molecule has 2 aliphatic carbocycles. The number of rotatable bonds is 9. The van der Waals surface area contributed by atoms with Gasteiger partial charge in [-0.05, 0) is 78.6 Å². The molecule has 290 valence electrons. The quantitative estimate of drug-likeness (QED) is 0.191. The summed E-state index contributed by atoms with van der Waals surface area (Å²) in [6.07, 6.45) is 0.756. The Morgan fingerprint density at radius 1 is 0.964 bits per heavy atom. The molecule has 1 aromatic heterocycles. The average Bonchev–Trinajstić information content (AvgIpc) is 3.84. The van der Waals surface area contributed by atoms with Gasteiger partial charge >= 0.3 is 6.18 Å². The molecular weight excluding hydrogens is 730 g/mol. The molecule has 0 radical (unpaired) electrons. The number of ether oxygens (including phenoxy) is 1. The minimum Gasteiger partial charge on any atom is -0.497 e. The van der Waals surface area contributed by atoms with Crippen LogP contribution in [0, 0.1) is 5.41 Å². The predicted octanol–water partition coefficient (Wildman–Crippen LogP) is 7.35. The number of carbonyl (C=O) groups excluding carboxylic acids is 2. The van der Waals surface area contributed by atoms with Gasteiger partial charge in [-0.2, -0.15) is 13.2 Å². The van der Waals surface area contributed by atoms with Crippen molar-refractivity contribution in [2.24, 2.45) is 5.41 Å². The van der Waals surface area contributed by atoms with Crippen LogP contribution >= 0.6 is 0 Å². The molecule has 4 aliphatic heterocycles. The summed E-state index contributed by atoms with van der Waals surface area (Å²) < 4.78 is 73.5. The number of carbonyl (C=O) groups is 2. The van der Waals surface area contributed by atoms with Crippen molar-refractivity contribution in [1.29, 1.82) is 0 Å². The number of benzene rings is 3. The van der Waals surface area contributed by atoms with Crippen molar-refractivity contribution in [3.05, 3.63) is 89.0 Å². The van der Waals surface area contributed by atoms with Crippen LogP contribution in [0.1, 0.15) is 90.3 Å². The van der Waals surface area contributed by atoms with Crippen LogP contribution in [0.5, 0.6) is 5.75 Å². The van der Waals surface area contributed by atoms with E-state index in [1.165, 1.54) is 11.1 Å². The Kier molecular flexibility index (Phi) is 8.84. The third-order valence-electron chi connectivity index (χ3n) is 12.9. The number of piperazine rings is 1. The Morgan fingerprint density at radius 2 is 1.71 bits per heavy atom. The zero-order chi connectivity index (χ0) is 38.3. The average molecular weight is 775 g/mol. The number of nitrogens with one attached hydrogen (secondary N) is 1. The lowest BCUT2D eigenvalue weighted by Crippen LogP contribution is -2.71. The van der Waals surface area contributed by atoms with E-state index in [4.69, 9.17) is 4.74 Å². The summed E-state index contributed by atoms with van der Waals surface area (Å²) in [5.74, 6) is -1.14. The number of amides is 2.